The summed E-state index contributed by atoms with van der Waals surface area (Å²) in [5.74, 6) is 2.09. The predicted octanol–water partition coefficient (Wildman–Crippen LogP) is 6.20. The Balaban J connectivity index is 0.00000176. The van der Waals surface area contributed by atoms with Crippen molar-refractivity contribution in [2.75, 3.05) is 10.6 Å². The molecule has 2 aromatic heterocycles. The molecule has 8 nitrogen and oxygen atoms in total. The number of benzene rings is 2. The quantitative estimate of drug-likeness (QED) is 0.277. The largest absolute Gasteiger partial charge is 0.340 e. The van der Waals surface area contributed by atoms with Crippen LogP contribution in [-0.4, -0.2) is 29.3 Å². The maximum atomic E-state index is 12.6. The van der Waals surface area contributed by atoms with E-state index in [0.29, 0.717) is 16.7 Å². The summed E-state index contributed by atoms with van der Waals surface area (Å²) in [6, 6.07) is 15.5. The lowest BCUT2D eigenvalue weighted by molar-refractivity contribution is 0.519. The van der Waals surface area contributed by atoms with Gasteiger partial charge >= 0.3 is 0 Å². The van der Waals surface area contributed by atoms with Crippen molar-refractivity contribution in [3.8, 4) is 5.69 Å². The Kier molecular flexibility index (Phi) is 8.95. The highest BCUT2D eigenvalue weighted by Gasteiger charge is 2.15. The predicted molar refractivity (Wildman–Crippen MR) is 149 cm³/mol. The molecular formula is C27H35N7OS. The number of aromatic nitrogens is 4. The van der Waals surface area contributed by atoms with Crippen molar-refractivity contribution in [1.29, 1.82) is 0 Å². The maximum Gasteiger partial charge on any atom is 0.229 e. The molecule has 1 atom stereocenters. The van der Waals surface area contributed by atoms with Gasteiger partial charge in [-0.3, -0.25) is 0 Å². The summed E-state index contributed by atoms with van der Waals surface area (Å²) in [6.45, 7) is 13.9. The zero-order valence-electron chi connectivity index (χ0n) is 22.0. The average molecular weight is 506 g/mol. The second-order valence-corrected chi connectivity index (χ2v) is 10.2. The molecule has 0 saturated carbocycles. The first-order valence-electron chi connectivity index (χ1n) is 12.0. The van der Waals surface area contributed by atoms with Crippen LogP contribution in [0.1, 0.15) is 46.0 Å². The fraction of sp³-hybridized carbons (Fsp3) is 0.296. The van der Waals surface area contributed by atoms with Crippen molar-refractivity contribution in [1.82, 2.24) is 24.2 Å². The van der Waals surface area contributed by atoms with E-state index in [2.05, 4.69) is 30.3 Å². The lowest BCUT2D eigenvalue weighted by atomic mass is 10.1. The second kappa shape index (κ2) is 11.9. The third kappa shape index (κ3) is 7.22. The summed E-state index contributed by atoms with van der Waals surface area (Å²) in [4.78, 5) is 14.0. The summed E-state index contributed by atoms with van der Waals surface area (Å²) in [5.41, 5.74) is 3.35. The van der Waals surface area contributed by atoms with Crippen molar-refractivity contribution < 1.29 is 4.21 Å². The van der Waals surface area contributed by atoms with Gasteiger partial charge < -0.3 is 15.2 Å². The van der Waals surface area contributed by atoms with Crippen LogP contribution in [0, 0.1) is 13.8 Å². The molecule has 190 valence electrons. The van der Waals surface area contributed by atoms with Crippen molar-refractivity contribution in [3.05, 3.63) is 78.5 Å². The smallest absolute Gasteiger partial charge is 0.229 e. The van der Waals surface area contributed by atoms with E-state index in [0.717, 1.165) is 28.5 Å². The fourth-order valence-electron chi connectivity index (χ4n) is 3.28. The molecule has 4 aromatic rings. The van der Waals surface area contributed by atoms with Gasteiger partial charge in [-0.2, -0.15) is 4.98 Å². The highest BCUT2D eigenvalue weighted by molar-refractivity contribution is 7.83. The van der Waals surface area contributed by atoms with E-state index in [4.69, 9.17) is 0 Å². The summed E-state index contributed by atoms with van der Waals surface area (Å²) >= 11 is 0. The van der Waals surface area contributed by atoms with Gasteiger partial charge in [0.25, 0.3) is 0 Å². The number of nitrogens with one attached hydrogen (secondary N) is 3. The molecule has 0 aliphatic rings. The van der Waals surface area contributed by atoms with Crippen LogP contribution in [0.15, 0.2) is 72.0 Å². The average Bonchev–Trinajstić information content (AvgIpc) is 3.28. The van der Waals surface area contributed by atoms with E-state index < -0.39 is 11.0 Å². The van der Waals surface area contributed by atoms with Crippen LogP contribution in [0.5, 0.6) is 0 Å². The molecule has 0 amide bonds. The minimum Gasteiger partial charge on any atom is -0.340 e. The van der Waals surface area contributed by atoms with Crippen molar-refractivity contribution in [3.63, 3.8) is 0 Å². The van der Waals surface area contributed by atoms with E-state index in [-0.39, 0.29) is 5.54 Å². The van der Waals surface area contributed by atoms with Crippen molar-refractivity contribution in [2.45, 2.75) is 58.9 Å². The van der Waals surface area contributed by atoms with E-state index in [1.165, 1.54) is 0 Å². The normalized spacial score (nSPS) is 11.9. The molecule has 0 saturated heterocycles. The van der Waals surface area contributed by atoms with Crippen molar-refractivity contribution >= 4 is 34.1 Å². The van der Waals surface area contributed by atoms with Crippen LogP contribution in [0.3, 0.4) is 0 Å². The number of rotatable bonds is 7. The number of hydrogen-bond acceptors (Lipinski definition) is 6. The molecule has 4 rings (SSSR count). The number of nitrogens with zero attached hydrogens (tertiary/aromatic N) is 4. The Morgan fingerprint density at radius 3 is 2.28 bits per heavy atom. The maximum absolute atomic E-state index is 12.6. The van der Waals surface area contributed by atoms with Gasteiger partial charge in [0.2, 0.25) is 5.95 Å². The molecule has 0 spiro atoms. The summed E-state index contributed by atoms with van der Waals surface area (Å²) in [7, 11) is -1.31. The molecule has 1 unspecified atom stereocenters. The van der Waals surface area contributed by atoms with E-state index >= 15 is 0 Å². The lowest BCUT2D eigenvalue weighted by Gasteiger charge is -2.19. The topological polar surface area (TPSA) is 96.8 Å². The van der Waals surface area contributed by atoms with Crippen LogP contribution in [0.2, 0.25) is 0 Å². The van der Waals surface area contributed by atoms with Gasteiger partial charge in [0.05, 0.1) is 4.90 Å². The SMILES string of the molecule is CC.Cc1cnc(Nc2ccc(-n3ccnc3C)cc2)nc1Nc1cccc(S(=O)NC(C)(C)C)c1. The monoisotopic (exact) mass is 505 g/mol. The molecular weight excluding hydrogens is 470 g/mol. The Bertz CT molecular complexity index is 1310. The van der Waals surface area contributed by atoms with Gasteiger partial charge in [0.15, 0.2) is 0 Å². The van der Waals surface area contributed by atoms with Crippen LogP contribution in [-0.2, 0) is 11.0 Å². The molecule has 0 aliphatic carbocycles. The van der Waals surface area contributed by atoms with Gasteiger partial charge in [-0.1, -0.05) is 19.9 Å². The van der Waals surface area contributed by atoms with Crippen LogP contribution in [0.25, 0.3) is 5.69 Å². The number of hydrogen-bond donors (Lipinski definition) is 3. The molecule has 0 aliphatic heterocycles. The Hall–Kier alpha value is -3.56. The molecule has 0 radical (unpaired) electrons. The number of aryl methyl sites for hydroxylation is 2. The Morgan fingerprint density at radius 2 is 1.64 bits per heavy atom. The molecule has 0 bridgehead atoms. The standard InChI is InChI=1S/C25H29N7OS.C2H6/c1-17-16-27-24(29-19-9-11-21(12-10-19)32-14-13-26-18(32)2)30-23(17)28-20-7-6-8-22(15-20)34(33)31-25(3,4)5;1-2/h6-16,31H,1-5H3,(H2,27,28,29,30);1-2H3. The van der Waals surface area contributed by atoms with Gasteiger partial charge in [-0.15, -0.1) is 0 Å². The van der Waals surface area contributed by atoms with Gasteiger partial charge in [0.1, 0.15) is 22.6 Å². The summed E-state index contributed by atoms with van der Waals surface area (Å²) in [5, 5.41) is 6.58. The van der Waals surface area contributed by atoms with Gasteiger partial charge in [0, 0.05) is 46.8 Å². The second-order valence-electron chi connectivity index (χ2n) is 9.02. The van der Waals surface area contributed by atoms with E-state index in [1.54, 1.807) is 12.4 Å². The van der Waals surface area contributed by atoms with Gasteiger partial charge in [-0.05, 0) is 77.1 Å². The van der Waals surface area contributed by atoms with Crippen LogP contribution >= 0.6 is 0 Å². The minimum atomic E-state index is -1.31. The third-order valence-corrected chi connectivity index (χ3v) is 6.39. The van der Waals surface area contributed by atoms with Crippen LogP contribution < -0.4 is 15.4 Å². The lowest BCUT2D eigenvalue weighted by Crippen LogP contribution is -2.37. The van der Waals surface area contributed by atoms with Crippen molar-refractivity contribution in [2.24, 2.45) is 0 Å². The first-order valence-corrected chi connectivity index (χ1v) is 13.1. The minimum absolute atomic E-state index is 0.256. The summed E-state index contributed by atoms with van der Waals surface area (Å²) < 4.78 is 17.8. The fourth-order valence-corrected chi connectivity index (χ4v) is 4.39. The first-order chi connectivity index (χ1) is 17.2. The Morgan fingerprint density at radius 1 is 0.917 bits per heavy atom. The molecule has 36 heavy (non-hydrogen) atoms. The first kappa shape index (κ1) is 27.0. The number of anilines is 4. The highest BCUT2D eigenvalue weighted by Crippen LogP contribution is 2.23. The molecule has 0 fully saturated rings. The number of imidazole rings is 1. The molecule has 2 aromatic carbocycles. The molecule has 3 N–H and O–H groups in total. The zero-order chi connectivity index (χ0) is 26.3. The van der Waals surface area contributed by atoms with Gasteiger partial charge in [-0.25, -0.2) is 18.9 Å². The molecule has 9 heteroatoms. The van der Waals surface area contributed by atoms with E-state index in [1.807, 2.05) is 108 Å². The third-order valence-electron chi connectivity index (χ3n) is 4.91. The molecule has 2 heterocycles. The highest BCUT2D eigenvalue weighted by atomic mass is 32.2. The van der Waals surface area contributed by atoms with E-state index in [9.17, 15) is 4.21 Å². The summed E-state index contributed by atoms with van der Waals surface area (Å²) in [6.07, 6.45) is 5.48. The van der Waals surface area contributed by atoms with Crippen LogP contribution in [0.4, 0.5) is 23.1 Å². The Labute approximate surface area is 216 Å². The zero-order valence-corrected chi connectivity index (χ0v) is 22.8.